The number of carbonyl (C=O) groups excluding carboxylic acids is 1. The summed E-state index contributed by atoms with van der Waals surface area (Å²) in [4.78, 5) is 14.0. The van der Waals surface area contributed by atoms with Gasteiger partial charge in [0.05, 0.1) is 0 Å². The maximum Gasteiger partial charge on any atom is 0.185 e. The highest BCUT2D eigenvalue weighted by Crippen LogP contribution is 2.14. The number of nitrogens with two attached hydrogens (primary N) is 1. The fraction of sp³-hybridized carbons (Fsp3) is 0.118. The minimum absolute atomic E-state index is 0.0262. The number of allylic oxidation sites excluding steroid dienone is 1. The van der Waals surface area contributed by atoms with E-state index in [1.165, 1.54) is 0 Å². The van der Waals surface area contributed by atoms with Crippen LogP contribution in [0.1, 0.15) is 15.9 Å². The van der Waals surface area contributed by atoms with E-state index in [-0.39, 0.29) is 5.78 Å². The number of ketones is 1. The molecule has 0 bridgehead atoms. The number of hydrogen-bond donors (Lipinski definition) is 1. The summed E-state index contributed by atoms with van der Waals surface area (Å²) in [5, 5.41) is 0. The highest BCUT2D eigenvalue weighted by atomic mass is 16.1. The van der Waals surface area contributed by atoms with Crippen molar-refractivity contribution < 1.29 is 4.79 Å². The normalized spacial score (nSPS) is 10.7. The van der Waals surface area contributed by atoms with Gasteiger partial charge >= 0.3 is 0 Å². The van der Waals surface area contributed by atoms with E-state index in [0.29, 0.717) is 11.3 Å². The molecule has 2 N–H and O–H groups in total. The van der Waals surface area contributed by atoms with Crippen LogP contribution < -0.4 is 10.6 Å². The van der Waals surface area contributed by atoms with Crippen molar-refractivity contribution in [3.63, 3.8) is 0 Å². The van der Waals surface area contributed by atoms with Crippen LogP contribution in [0.25, 0.3) is 6.08 Å². The van der Waals surface area contributed by atoms with Crippen LogP contribution in [0.5, 0.6) is 0 Å². The molecule has 0 amide bonds. The molecule has 2 rings (SSSR count). The average Bonchev–Trinajstić information content (AvgIpc) is 2.46. The van der Waals surface area contributed by atoms with Gasteiger partial charge in [-0.25, -0.2) is 0 Å². The third-order valence-corrected chi connectivity index (χ3v) is 3.03. The SMILES string of the molecule is CN(C)c1ccc(/C=C/C(=O)c2ccc(N)cc2)cc1. The predicted molar refractivity (Wildman–Crippen MR) is 85.0 cm³/mol. The summed E-state index contributed by atoms with van der Waals surface area (Å²) in [5.74, 6) is -0.0262. The van der Waals surface area contributed by atoms with Gasteiger partial charge < -0.3 is 10.6 Å². The van der Waals surface area contributed by atoms with E-state index >= 15 is 0 Å². The summed E-state index contributed by atoms with van der Waals surface area (Å²) in [7, 11) is 3.99. The second-order valence-electron chi connectivity index (χ2n) is 4.81. The molecule has 0 aliphatic heterocycles. The predicted octanol–water partition coefficient (Wildman–Crippen LogP) is 3.23. The van der Waals surface area contributed by atoms with Gasteiger partial charge in [-0.1, -0.05) is 18.2 Å². The van der Waals surface area contributed by atoms with Gasteiger partial charge in [-0.15, -0.1) is 0 Å². The lowest BCUT2D eigenvalue weighted by molar-refractivity contribution is 0.104. The molecule has 0 fully saturated rings. The molecule has 2 aromatic carbocycles. The van der Waals surface area contributed by atoms with E-state index in [1.807, 2.05) is 49.3 Å². The van der Waals surface area contributed by atoms with Crippen LogP contribution in [0, 0.1) is 0 Å². The van der Waals surface area contributed by atoms with Gasteiger partial charge in [-0.05, 0) is 48.0 Å². The molecule has 0 saturated carbocycles. The number of hydrogen-bond acceptors (Lipinski definition) is 3. The Labute approximate surface area is 119 Å². The largest absolute Gasteiger partial charge is 0.399 e. The van der Waals surface area contributed by atoms with Gasteiger partial charge in [-0.2, -0.15) is 0 Å². The number of carbonyl (C=O) groups is 1. The second-order valence-corrected chi connectivity index (χ2v) is 4.81. The molecule has 0 aliphatic carbocycles. The van der Waals surface area contributed by atoms with Gasteiger partial charge in [-0.3, -0.25) is 4.79 Å². The number of anilines is 2. The maximum atomic E-state index is 12.0. The molecule has 2 aromatic rings. The van der Waals surface area contributed by atoms with E-state index in [2.05, 4.69) is 0 Å². The number of benzene rings is 2. The fourth-order valence-corrected chi connectivity index (χ4v) is 1.80. The first-order chi connectivity index (χ1) is 9.56. The number of nitrogens with zero attached hydrogens (tertiary/aromatic N) is 1. The molecule has 0 aromatic heterocycles. The molecule has 0 spiro atoms. The highest BCUT2D eigenvalue weighted by Gasteiger charge is 2.01. The standard InChI is InChI=1S/C17H18N2O/c1-19(2)16-10-3-13(4-11-16)5-12-17(20)14-6-8-15(18)9-7-14/h3-12H,18H2,1-2H3/b12-5+. The molecule has 0 atom stereocenters. The van der Waals surface area contributed by atoms with Gasteiger partial charge in [0.15, 0.2) is 5.78 Å². The minimum atomic E-state index is -0.0262. The molecule has 0 saturated heterocycles. The molecule has 102 valence electrons. The maximum absolute atomic E-state index is 12.0. The van der Waals surface area contributed by atoms with Crippen LogP contribution in [0.15, 0.2) is 54.6 Å². The summed E-state index contributed by atoms with van der Waals surface area (Å²) >= 11 is 0. The monoisotopic (exact) mass is 266 g/mol. The van der Waals surface area contributed by atoms with Crippen LogP contribution in [0.2, 0.25) is 0 Å². The molecule has 3 heteroatoms. The number of nitrogen functional groups attached to an aromatic ring is 1. The first-order valence-electron chi connectivity index (χ1n) is 6.41. The highest BCUT2D eigenvalue weighted by molar-refractivity contribution is 6.06. The van der Waals surface area contributed by atoms with Crippen molar-refractivity contribution in [3.05, 3.63) is 65.7 Å². The van der Waals surface area contributed by atoms with Gasteiger partial charge in [0.25, 0.3) is 0 Å². The Kier molecular flexibility index (Phi) is 4.20. The summed E-state index contributed by atoms with van der Waals surface area (Å²) in [6, 6.07) is 14.9. The Morgan fingerprint density at radius 1 is 1.00 bits per heavy atom. The van der Waals surface area contributed by atoms with Crippen LogP contribution in [0.4, 0.5) is 11.4 Å². The first-order valence-corrected chi connectivity index (χ1v) is 6.41. The molecule has 0 heterocycles. The molecular weight excluding hydrogens is 248 g/mol. The van der Waals surface area contributed by atoms with Crippen molar-refractivity contribution in [2.45, 2.75) is 0 Å². The molecular formula is C17H18N2O. The lowest BCUT2D eigenvalue weighted by Crippen LogP contribution is -2.07. The third-order valence-electron chi connectivity index (χ3n) is 3.03. The van der Waals surface area contributed by atoms with E-state index in [1.54, 1.807) is 30.3 Å². The smallest absolute Gasteiger partial charge is 0.185 e. The Morgan fingerprint density at radius 3 is 2.15 bits per heavy atom. The third kappa shape index (κ3) is 3.48. The molecule has 20 heavy (non-hydrogen) atoms. The minimum Gasteiger partial charge on any atom is -0.399 e. The average molecular weight is 266 g/mol. The summed E-state index contributed by atoms with van der Waals surface area (Å²) in [6.07, 6.45) is 3.40. The van der Waals surface area contributed by atoms with Crippen LogP contribution in [0.3, 0.4) is 0 Å². The van der Waals surface area contributed by atoms with E-state index < -0.39 is 0 Å². The molecule has 0 aliphatic rings. The topological polar surface area (TPSA) is 46.3 Å². The summed E-state index contributed by atoms with van der Waals surface area (Å²) in [6.45, 7) is 0. The lowest BCUT2D eigenvalue weighted by Gasteiger charge is -2.11. The van der Waals surface area contributed by atoms with Crippen molar-refractivity contribution in [2.24, 2.45) is 0 Å². The van der Waals surface area contributed by atoms with Crippen molar-refractivity contribution in [3.8, 4) is 0 Å². The molecule has 3 nitrogen and oxygen atoms in total. The quantitative estimate of drug-likeness (QED) is 0.525. The van der Waals surface area contributed by atoms with Gasteiger partial charge in [0.2, 0.25) is 0 Å². The Balaban J connectivity index is 2.08. The van der Waals surface area contributed by atoms with Crippen LogP contribution in [-0.2, 0) is 0 Å². The zero-order chi connectivity index (χ0) is 14.5. The van der Waals surface area contributed by atoms with Crippen molar-refractivity contribution in [1.29, 1.82) is 0 Å². The molecule has 0 unspecified atom stereocenters. The van der Waals surface area contributed by atoms with Crippen molar-refractivity contribution >= 4 is 23.2 Å². The fourth-order valence-electron chi connectivity index (χ4n) is 1.80. The Bertz CT molecular complexity index is 610. The number of rotatable bonds is 4. The van der Waals surface area contributed by atoms with Crippen LogP contribution >= 0.6 is 0 Å². The van der Waals surface area contributed by atoms with Gasteiger partial charge in [0, 0.05) is 31.0 Å². The van der Waals surface area contributed by atoms with E-state index in [0.717, 1.165) is 11.3 Å². The first kappa shape index (κ1) is 13.9. The zero-order valence-electron chi connectivity index (χ0n) is 11.7. The van der Waals surface area contributed by atoms with Crippen molar-refractivity contribution in [2.75, 3.05) is 24.7 Å². The lowest BCUT2D eigenvalue weighted by atomic mass is 10.1. The molecule has 0 radical (unpaired) electrons. The second kappa shape index (κ2) is 6.06. The Morgan fingerprint density at radius 2 is 1.60 bits per heavy atom. The van der Waals surface area contributed by atoms with E-state index in [4.69, 9.17) is 5.73 Å². The van der Waals surface area contributed by atoms with Gasteiger partial charge in [0.1, 0.15) is 0 Å². The Hall–Kier alpha value is -2.55. The van der Waals surface area contributed by atoms with E-state index in [9.17, 15) is 4.79 Å². The van der Waals surface area contributed by atoms with Crippen molar-refractivity contribution in [1.82, 2.24) is 0 Å². The van der Waals surface area contributed by atoms with Crippen LogP contribution in [-0.4, -0.2) is 19.9 Å². The summed E-state index contributed by atoms with van der Waals surface area (Å²) in [5.41, 5.74) is 9.02. The zero-order valence-corrected chi connectivity index (χ0v) is 11.7. The summed E-state index contributed by atoms with van der Waals surface area (Å²) < 4.78 is 0.